The first kappa shape index (κ1) is 10.5. The van der Waals surface area contributed by atoms with Crippen LogP contribution in [0.1, 0.15) is 5.56 Å². The van der Waals surface area contributed by atoms with E-state index >= 15 is 0 Å². The molecule has 0 atom stereocenters. The Labute approximate surface area is 87.8 Å². The van der Waals surface area contributed by atoms with Gasteiger partial charge in [0.1, 0.15) is 5.75 Å². The first-order valence-electron chi connectivity index (χ1n) is 3.95. The van der Waals surface area contributed by atoms with E-state index in [1.807, 2.05) is 24.3 Å². The van der Waals surface area contributed by atoms with Crippen LogP contribution in [0.2, 0.25) is 0 Å². The molecule has 1 aromatic rings. The number of ether oxygens (including phenoxy) is 1. The predicted octanol–water partition coefficient (Wildman–Crippen LogP) is 0.862. The van der Waals surface area contributed by atoms with Gasteiger partial charge in [0.15, 0.2) is 5.11 Å². The Hall–Kier alpha value is -1.62. The minimum absolute atomic E-state index is 0.143. The van der Waals surface area contributed by atoms with E-state index in [1.54, 1.807) is 13.3 Å². The number of benzene rings is 1. The van der Waals surface area contributed by atoms with E-state index in [9.17, 15) is 0 Å². The Morgan fingerprint density at radius 3 is 3.07 bits per heavy atom. The maximum absolute atomic E-state index is 5.19. The summed E-state index contributed by atoms with van der Waals surface area (Å²) in [6.45, 7) is 0. The fraction of sp³-hybridized carbons (Fsp3) is 0.111. The highest BCUT2D eigenvalue weighted by Crippen LogP contribution is 2.10. The predicted molar refractivity (Wildman–Crippen MR) is 60.5 cm³/mol. The molecule has 0 saturated carbocycles. The SMILES string of the molecule is COc1cccc(/C=N/NC(N)=S)c1. The van der Waals surface area contributed by atoms with E-state index in [1.165, 1.54) is 0 Å². The van der Waals surface area contributed by atoms with Gasteiger partial charge in [-0.15, -0.1) is 0 Å². The molecule has 4 nitrogen and oxygen atoms in total. The highest BCUT2D eigenvalue weighted by Gasteiger charge is 1.91. The van der Waals surface area contributed by atoms with Crippen LogP contribution >= 0.6 is 12.2 Å². The van der Waals surface area contributed by atoms with Crippen LogP contribution in [0.15, 0.2) is 29.4 Å². The second-order valence-electron chi connectivity index (χ2n) is 2.51. The Morgan fingerprint density at radius 1 is 1.64 bits per heavy atom. The molecular weight excluding hydrogens is 198 g/mol. The zero-order valence-corrected chi connectivity index (χ0v) is 8.54. The molecular formula is C9H11N3OS. The first-order chi connectivity index (χ1) is 6.72. The fourth-order valence-electron chi connectivity index (χ4n) is 0.892. The fourth-order valence-corrected chi connectivity index (χ4v) is 0.945. The monoisotopic (exact) mass is 209 g/mol. The zero-order valence-electron chi connectivity index (χ0n) is 7.73. The number of methoxy groups -OCH3 is 1. The van der Waals surface area contributed by atoms with E-state index in [0.717, 1.165) is 11.3 Å². The Balaban J connectivity index is 2.66. The summed E-state index contributed by atoms with van der Waals surface area (Å²) >= 11 is 4.59. The zero-order chi connectivity index (χ0) is 10.4. The maximum Gasteiger partial charge on any atom is 0.184 e. The van der Waals surface area contributed by atoms with Crippen molar-refractivity contribution in [2.75, 3.05) is 7.11 Å². The van der Waals surface area contributed by atoms with Gasteiger partial charge in [-0.3, -0.25) is 5.43 Å². The molecule has 0 heterocycles. The van der Waals surface area contributed by atoms with Crippen molar-refractivity contribution in [3.05, 3.63) is 29.8 Å². The largest absolute Gasteiger partial charge is 0.497 e. The Bertz CT molecular complexity index is 352. The van der Waals surface area contributed by atoms with Crippen LogP contribution in [0.4, 0.5) is 0 Å². The molecule has 0 aliphatic rings. The number of thiocarbonyl (C=S) groups is 1. The van der Waals surface area contributed by atoms with Crippen LogP contribution in [0, 0.1) is 0 Å². The van der Waals surface area contributed by atoms with Crippen molar-refractivity contribution >= 4 is 23.5 Å². The molecule has 1 aromatic carbocycles. The van der Waals surface area contributed by atoms with E-state index in [-0.39, 0.29) is 5.11 Å². The van der Waals surface area contributed by atoms with Crippen molar-refractivity contribution in [2.45, 2.75) is 0 Å². The molecule has 5 heteroatoms. The smallest absolute Gasteiger partial charge is 0.184 e. The molecule has 0 aromatic heterocycles. The molecule has 3 N–H and O–H groups in total. The molecule has 0 bridgehead atoms. The molecule has 74 valence electrons. The summed E-state index contributed by atoms with van der Waals surface area (Å²) in [5.74, 6) is 0.782. The summed E-state index contributed by atoms with van der Waals surface area (Å²) in [5.41, 5.74) is 8.57. The maximum atomic E-state index is 5.19. The van der Waals surface area contributed by atoms with Crippen molar-refractivity contribution in [1.29, 1.82) is 0 Å². The highest BCUT2D eigenvalue weighted by molar-refractivity contribution is 7.80. The third-order valence-corrected chi connectivity index (χ3v) is 1.57. The average molecular weight is 209 g/mol. The lowest BCUT2D eigenvalue weighted by Gasteiger charge is -1.99. The molecule has 0 unspecified atom stereocenters. The molecule has 14 heavy (non-hydrogen) atoms. The van der Waals surface area contributed by atoms with Gasteiger partial charge >= 0.3 is 0 Å². The van der Waals surface area contributed by atoms with Crippen LogP contribution < -0.4 is 15.9 Å². The number of hydrogen-bond donors (Lipinski definition) is 2. The molecule has 0 aliphatic heterocycles. The molecule has 0 radical (unpaired) electrons. The summed E-state index contributed by atoms with van der Waals surface area (Å²) < 4.78 is 5.05. The second kappa shape index (κ2) is 5.18. The van der Waals surface area contributed by atoms with Crippen molar-refractivity contribution in [3.63, 3.8) is 0 Å². The van der Waals surface area contributed by atoms with Gasteiger partial charge in [0, 0.05) is 0 Å². The van der Waals surface area contributed by atoms with E-state index < -0.39 is 0 Å². The second-order valence-corrected chi connectivity index (χ2v) is 2.95. The normalized spacial score (nSPS) is 10.1. The molecule has 0 saturated heterocycles. The first-order valence-corrected chi connectivity index (χ1v) is 4.36. The van der Waals surface area contributed by atoms with Crippen molar-refractivity contribution in [3.8, 4) is 5.75 Å². The van der Waals surface area contributed by atoms with Crippen LogP contribution in [0.3, 0.4) is 0 Å². The molecule has 0 fully saturated rings. The van der Waals surface area contributed by atoms with Gasteiger partial charge in [-0.05, 0) is 29.9 Å². The summed E-state index contributed by atoms with van der Waals surface area (Å²) in [6.07, 6.45) is 1.61. The number of hydrogen-bond acceptors (Lipinski definition) is 3. The topological polar surface area (TPSA) is 59.6 Å². The Kier molecular flexibility index (Phi) is 3.87. The summed E-state index contributed by atoms with van der Waals surface area (Å²) in [7, 11) is 1.61. The van der Waals surface area contributed by atoms with Crippen molar-refractivity contribution < 1.29 is 4.74 Å². The van der Waals surface area contributed by atoms with Gasteiger partial charge in [0.2, 0.25) is 0 Å². The van der Waals surface area contributed by atoms with E-state index in [0.29, 0.717) is 0 Å². The van der Waals surface area contributed by atoms with Crippen LogP contribution in [0.25, 0.3) is 0 Å². The van der Waals surface area contributed by atoms with Crippen molar-refractivity contribution in [1.82, 2.24) is 5.43 Å². The molecule has 0 aliphatic carbocycles. The van der Waals surface area contributed by atoms with Gasteiger partial charge in [0.05, 0.1) is 13.3 Å². The number of hydrazone groups is 1. The minimum atomic E-state index is 0.143. The lowest BCUT2D eigenvalue weighted by Crippen LogP contribution is -2.23. The molecule has 0 spiro atoms. The van der Waals surface area contributed by atoms with E-state index in [4.69, 9.17) is 10.5 Å². The standard InChI is InChI=1S/C9H11N3OS/c1-13-8-4-2-3-7(5-8)6-11-12-9(10)14/h2-6H,1H3,(H3,10,12,14)/b11-6+. The molecule has 0 amide bonds. The minimum Gasteiger partial charge on any atom is -0.497 e. The summed E-state index contributed by atoms with van der Waals surface area (Å²) in [4.78, 5) is 0. The highest BCUT2D eigenvalue weighted by atomic mass is 32.1. The number of nitrogens with two attached hydrogens (primary N) is 1. The van der Waals surface area contributed by atoms with Crippen LogP contribution in [0.5, 0.6) is 5.75 Å². The van der Waals surface area contributed by atoms with E-state index in [2.05, 4.69) is 22.7 Å². The van der Waals surface area contributed by atoms with Gasteiger partial charge in [-0.2, -0.15) is 5.10 Å². The average Bonchev–Trinajstić information content (AvgIpc) is 2.18. The number of nitrogens with one attached hydrogen (secondary N) is 1. The van der Waals surface area contributed by atoms with Crippen LogP contribution in [-0.2, 0) is 0 Å². The lowest BCUT2D eigenvalue weighted by molar-refractivity contribution is 0.415. The third-order valence-electron chi connectivity index (χ3n) is 1.48. The van der Waals surface area contributed by atoms with Gasteiger partial charge < -0.3 is 10.5 Å². The summed E-state index contributed by atoms with van der Waals surface area (Å²) in [6, 6.07) is 7.48. The van der Waals surface area contributed by atoms with Gasteiger partial charge in [0.25, 0.3) is 0 Å². The van der Waals surface area contributed by atoms with Gasteiger partial charge in [-0.25, -0.2) is 0 Å². The van der Waals surface area contributed by atoms with Gasteiger partial charge in [-0.1, -0.05) is 12.1 Å². The quantitative estimate of drug-likeness (QED) is 0.440. The van der Waals surface area contributed by atoms with Crippen LogP contribution in [-0.4, -0.2) is 18.4 Å². The summed E-state index contributed by atoms with van der Waals surface area (Å²) in [5, 5.41) is 3.96. The van der Waals surface area contributed by atoms with Crippen molar-refractivity contribution in [2.24, 2.45) is 10.8 Å². The third kappa shape index (κ3) is 3.40. The number of nitrogens with zero attached hydrogens (tertiary/aromatic N) is 1. The number of rotatable bonds is 3. The Morgan fingerprint density at radius 2 is 2.43 bits per heavy atom. The lowest BCUT2D eigenvalue weighted by atomic mass is 10.2. The molecule has 1 rings (SSSR count).